The van der Waals surface area contributed by atoms with Crippen molar-refractivity contribution >= 4 is 15.9 Å². The van der Waals surface area contributed by atoms with E-state index in [2.05, 4.69) is 15.9 Å². The molecule has 0 aliphatic carbocycles. The number of aryl methyl sites for hydroxylation is 1. The molecule has 0 radical (unpaired) electrons. The van der Waals surface area contributed by atoms with Crippen LogP contribution in [-0.2, 0) is 6.42 Å². The quantitative estimate of drug-likeness (QED) is 0.902. The number of aliphatic hydroxyl groups excluding tert-OH is 1. The molecule has 0 saturated heterocycles. The van der Waals surface area contributed by atoms with Crippen molar-refractivity contribution in [1.29, 1.82) is 0 Å². The van der Waals surface area contributed by atoms with E-state index in [4.69, 9.17) is 0 Å². The van der Waals surface area contributed by atoms with E-state index in [1.807, 2.05) is 25.1 Å². The molecule has 1 N–H and O–H groups in total. The van der Waals surface area contributed by atoms with Gasteiger partial charge in [0.2, 0.25) is 0 Å². The second kappa shape index (κ2) is 5.63. The van der Waals surface area contributed by atoms with Gasteiger partial charge in [0.1, 0.15) is 5.82 Å². The third kappa shape index (κ3) is 2.98. The molecule has 0 spiro atoms. The summed E-state index contributed by atoms with van der Waals surface area (Å²) in [6, 6.07) is 12.3. The number of benzene rings is 2. The minimum Gasteiger partial charge on any atom is -0.388 e. The average Bonchev–Trinajstić information content (AvgIpc) is 2.32. The largest absolute Gasteiger partial charge is 0.388 e. The van der Waals surface area contributed by atoms with Crippen LogP contribution in [0.3, 0.4) is 0 Å². The lowest BCUT2D eigenvalue weighted by atomic mass is 10.0. The molecule has 94 valence electrons. The minimum atomic E-state index is -0.711. The molecule has 1 unspecified atom stereocenters. The lowest BCUT2D eigenvalue weighted by molar-refractivity contribution is 0.176. The molecule has 1 nitrogen and oxygen atoms in total. The molecule has 18 heavy (non-hydrogen) atoms. The first-order valence-electron chi connectivity index (χ1n) is 5.75. The summed E-state index contributed by atoms with van der Waals surface area (Å²) >= 11 is 3.43. The van der Waals surface area contributed by atoms with Gasteiger partial charge in [0.25, 0.3) is 0 Å². The molecular weight excluding hydrogens is 295 g/mol. The van der Waals surface area contributed by atoms with Crippen LogP contribution in [0, 0.1) is 12.7 Å². The first-order chi connectivity index (χ1) is 8.58. The van der Waals surface area contributed by atoms with Gasteiger partial charge in [0, 0.05) is 10.9 Å². The summed E-state index contributed by atoms with van der Waals surface area (Å²) in [6.45, 7) is 1.98. The molecule has 0 aromatic heterocycles. The topological polar surface area (TPSA) is 20.2 Å². The molecule has 0 aliphatic heterocycles. The molecule has 0 heterocycles. The minimum absolute atomic E-state index is 0.272. The fourth-order valence-corrected chi connectivity index (χ4v) is 2.64. The SMILES string of the molecule is Cc1ccc(C(O)Cc2ccccc2F)c(Br)c1. The van der Waals surface area contributed by atoms with Crippen LogP contribution >= 0.6 is 15.9 Å². The summed E-state index contributed by atoms with van der Waals surface area (Å²) < 4.78 is 14.4. The Kier molecular flexibility index (Phi) is 4.15. The molecule has 0 aliphatic rings. The molecule has 2 rings (SSSR count). The molecule has 2 aromatic rings. The average molecular weight is 309 g/mol. The van der Waals surface area contributed by atoms with Crippen LogP contribution in [0.15, 0.2) is 46.9 Å². The lowest BCUT2D eigenvalue weighted by Crippen LogP contribution is -2.04. The van der Waals surface area contributed by atoms with Crippen LogP contribution in [0.4, 0.5) is 4.39 Å². The summed E-state index contributed by atoms with van der Waals surface area (Å²) in [5, 5.41) is 10.2. The van der Waals surface area contributed by atoms with E-state index < -0.39 is 6.10 Å². The van der Waals surface area contributed by atoms with Crippen molar-refractivity contribution in [3.63, 3.8) is 0 Å². The van der Waals surface area contributed by atoms with E-state index >= 15 is 0 Å². The van der Waals surface area contributed by atoms with Gasteiger partial charge >= 0.3 is 0 Å². The zero-order valence-electron chi connectivity index (χ0n) is 10.0. The van der Waals surface area contributed by atoms with Gasteiger partial charge < -0.3 is 5.11 Å². The van der Waals surface area contributed by atoms with Crippen LogP contribution in [0.1, 0.15) is 22.8 Å². The Labute approximate surface area is 114 Å². The van der Waals surface area contributed by atoms with E-state index in [0.717, 1.165) is 15.6 Å². The maximum absolute atomic E-state index is 13.5. The Morgan fingerprint density at radius 2 is 1.94 bits per heavy atom. The summed E-state index contributed by atoms with van der Waals surface area (Å²) in [5.74, 6) is -0.278. The Bertz CT molecular complexity index is 554. The highest BCUT2D eigenvalue weighted by Crippen LogP contribution is 2.27. The second-order valence-electron chi connectivity index (χ2n) is 4.34. The molecular formula is C15H14BrFO. The van der Waals surface area contributed by atoms with Crippen molar-refractivity contribution in [2.75, 3.05) is 0 Å². The van der Waals surface area contributed by atoms with E-state index in [-0.39, 0.29) is 12.2 Å². The first-order valence-corrected chi connectivity index (χ1v) is 6.55. The Balaban J connectivity index is 2.22. The number of hydrogen-bond donors (Lipinski definition) is 1. The van der Waals surface area contributed by atoms with Gasteiger partial charge in [-0.1, -0.05) is 46.3 Å². The van der Waals surface area contributed by atoms with Gasteiger partial charge in [-0.15, -0.1) is 0 Å². The van der Waals surface area contributed by atoms with Gasteiger partial charge in [0.15, 0.2) is 0 Å². The maximum atomic E-state index is 13.5. The van der Waals surface area contributed by atoms with Gasteiger partial charge in [-0.25, -0.2) is 4.39 Å². The van der Waals surface area contributed by atoms with Gasteiger partial charge in [-0.3, -0.25) is 0 Å². The number of aliphatic hydroxyl groups is 1. The lowest BCUT2D eigenvalue weighted by Gasteiger charge is -2.14. The Morgan fingerprint density at radius 3 is 2.61 bits per heavy atom. The molecule has 0 bridgehead atoms. The van der Waals surface area contributed by atoms with Crippen LogP contribution in [0.2, 0.25) is 0 Å². The van der Waals surface area contributed by atoms with Crippen molar-refractivity contribution in [2.45, 2.75) is 19.4 Å². The molecule has 0 saturated carbocycles. The Hall–Kier alpha value is -1.19. The van der Waals surface area contributed by atoms with Crippen LogP contribution in [-0.4, -0.2) is 5.11 Å². The van der Waals surface area contributed by atoms with Crippen molar-refractivity contribution in [2.24, 2.45) is 0 Å². The maximum Gasteiger partial charge on any atom is 0.126 e. The fourth-order valence-electron chi connectivity index (χ4n) is 1.88. The predicted octanol–water partition coefficient (Wildman–Crippen LogP) is 4.17. The summed E-state index contributed by atoms with van der Waals surface area (Å²) in [5.41, 5.74) is 2.42. The van der Waals surface area contributed by atoms with Crippen molar-refractivity contribution in [3.05, 3.63) is 69.4 Å². The van der Waals surface area contributed by atoms with E-state index in [1.54, 1.807) is 18.2 Å². The fraction of sp³-hybridized carbons (Fsp3) is 0.200. The number of hydrogen-bond acceptors (Lipinski definition) is 1. The van der Waals surface area contributed by atoms with E-state index in [0.29, 0.717) is 5.56 Å². The monoisotopic (exact) mass is 308 g/mol. The Morgan fingerprint density at radius 1 is 1.22 bits per heavy atom. The molecule has 0 fully saturated rings. The van der Waals surface area contributed by atoms with Crippen LogP contribution in [0.5, 0.6) is 0 Å². The third-order valence-electron chi connectivity index (χ3n) is 2.89. The third-order valence-corrected chi connectivity index (χ3v) is 3.57. The van der Waals surface area contributed by atoms with Gasteiger partial charge in [-0.05, 0) is 35.7 Å². The molecule has 2 aromatic carbocycles. The highest BCUT2D eigenvalue weighted by Gasteiger charge is 2.14. The smallest absolute Gasteiger partial charge is 0.126 e. The standard InChI is InChI=1S/C15H14BrFO/c1-10-6-7-12(13(16)8-10)15(18)9-11-4-2-3-5-14(11)17/h2-8,15,18H,9H2,1H3. The zero-order valence-corrected chi connectivity index (χ0v) is 11.6. The molecule has 1 atom stereocenters. The van der Waals surface area contributed by atoms with Crippen molar-refractivity contribution in [1.82, 2.24) is 0 Å². The van der Waals surface area contributed by atoms with E-state index in [1.165, 1.54) is 6.07 Å². The summed E-state index contributed by atoms with van der Waals surface area (Å²) in [6.07, 6.45) is -0.439. The van der Waals surface area contributed by atoms with Crippen molar-refractivity contribution in [3.8, 4) is 0 Å². The number of rotatable bonds is 3. The highest BCUT2D eigenvalue weighted by atomic mass is 79.9. The van der Waals surface area contributed by atoms with E-state index in [9.17, 15) is 9.50 Å². The normalized spacial score (nSPS) is 12.4. The number of halogens is 2. The van der Waals surface area contributed by atoms with Gasteiger partial charge in [0.05, 0.1) is 6.10 Å². The summed E-state index contributed by atoms with van der Waals surface area (Å²) in [7, 11) is 0. The summed E-state index contributed by atoms with van der Waals surface area (Å²) in [4.78, 5) is 0. The van der Waals surface area contributed by atoms with Crippen LogP contribution in [0.25, 0.3) is 0 Å². The predicted molar refractivity (Wildman–Crippen MR) is 73.9 cm³/mol. The zero-order chi connectivity index (χ0) is 13.1. The highest BCUT2D eigenvalue weighted by molar-refractivity contribution is 9.10. The molecule has 0 amide bonds. The second-order valence-corrected chi connectivity index (χ2v) is 5.19. The van der Waals surface area contributed by atoms with Crippen LogP contribution < -0.4 is 0 Å². The molecule has 3 heteroatoms. The first kappa shape index (κ1) is 13.2. The van der Waals surface area contributed by atoms with Gasteiger partial charge in [-0.2, -0.15) is 0 Å². The van der Waals surface area contributed by atoms with Crippen molar-refractivity contribution < 1.29 is 9.50 Å².